The SMILES string of the molecule is c1ccc(-c2cccc3c2c2ccccc2n3-c2ccccc2-c2cccc(-c3ccc4c5ccccc5n(-c5ccccc5)c4c3)c2)cc1. The molecule has 2 heterocycles. The van der Waals surface area contributed by atoms with Crippen LogP contribution in [-0.2, 0) is 0 Å². The fourth-order valence-electron chi connectivity index (χ4n) is 7.92. The predicted molar refractivity (Wildman–Crippen MR) is 211 cm³/mol. The normalized spacial score (nSPS) is 11.6. The first-order valence-corrected chi connectivity index (χ1v) is 17.2. The van der Waals surface area contributed by atoms with Gasteiger partial charge in [-0.3, -0.25) is 0 Å². The van der Waals surface area contributed by atoms with Gasteiger partial charge in [-0.15, -0.1) is 0 Å². The monoisotopic (exact) mass is 636 g/mol. The van der Waals surface area contributed by atoms with Gasteiger partial charge in [0.05, 0.1) is 27.8 Å². The van der Waals surface area contributed by atoms with Gasteiger partial charge in [-0.25, -0.2) is 0 Å². The number of hydrogen-bond acceptors (Lipinski definition) is 0. The van der Waals surface area contributed by atoms with Crippen molar-refractivity contribution in [1.82, 2.24) is 9.13 Å². The Morgan fingerprint density at radius 1 is 0.280 bits per heavy atom. The van der Waals surface area contributed by atoms with Crippen LogP contribution in [0.3, 0.4) is 0 Å². The van der Waals surface area contributed by atoms with Gasteiger partial charge in [0.1, 0.15) is 0 Å². The minimum atomic E-state index is 1.17. The van der Waals surface area contributed by atoms with Gasteiger partial charge in [0.2, 0.25) is 0 Å². The maximum atomic E-state index is 2.45. The van der Waals surface area contributed by atoms with Gasteiger partial charge in [0, 0.05) is 32.8 Å². The highest BCUT2D eigenvalue weighted by molar-refractivity contribution is 6.16. The van der Waals surface area contributed by atoms with Crippen LogP contribution in [0.15, 0.2) is 194 Å². The molecule has 0 spiro atoms. The van der Waals surface area contributed by atoms with Crippen LogP contribution < -0.4 is 0 Å². The van der Waals surface area contributed by atoms with Crippen molar-refractivity contribution in [2.75, 3.05) is 0 Å². The molecule has 0 bridgehead atoms. The molecule has 0 radical (unpaired) electrons. The average molecular weight is 637 g/mol. The predicted octanol–water partition coefficient (Wildman–Crippen LogP) is 12.9. The number of nitrogens with zero attached hydrogens (tertiary/aromatic N) is 2. The van der Waals surface area contributed by atoms with E-state index in [1.165, 1.54) is 88.4 Å². The minimum absolute atomic E-state index is 1.17. The van der Waals surface area contributed by atoms with Gasteiger partial charge in [0.15, 0.2) is 0 Å². The fourth-order valence-corrected chi connectivity index (χ4v) is 7.92. The first kappa shape index (κ1) is 28.4. The molecule has 2 nitrogen and oxygen atoms in total. The summed E-state index contributed by atoms with van der Waals surface area (Å²) < 4.78 is 4.84. The summed E-state index contributed by atoms with van der Waals surface area (Å²) in [5, 5.41) is 5.06. The molecule has 0 aliphatic heterocycles. The third-order valence-electron chi connectivity index (χ3n) is 10.1. The molecule has 0 atom stereocenters. The highest BCUT2D eigenvalue weighted by Crippen LogP contribution is 2.41. The van der Waals surface area contributed by atoms with Crippen LogP contribution in [-0.4, -0.2) is 9.13 Å². The van der Waals surface area contributed by atoms with Crippen molar-refractivity contribution < 1.29 is 0 Å². The Balaban J connectivity index is 1.16. The van der Waals surface area contributed by atoms with Crippen LogP contribution in [0.2, 0.25) is 0 Å². The summed E-state index contributed by atoms with van der Waals surface area (Å²) in [6.45, 7) is 0. The average Bonchev–Trinajstić information content (AvgIpc) is 3.71. The molecule has 8 aromatic carbocycles. The van der Waals surface area contributed by atoms with Gasteiger partial charge in [0.25, 0.3) is 0 Å². The van der Waals surface area contributed by atoms with E-state index in [0.717, 1.165) is 0 Å². The molecule has 234 valence electrons. The highest BCUT2D eigenvalue weighted by atomic mass is 15.0. The third kappa shape index (κ3) is 4.43. The van der Waals surface area contributed by atoms with Gasteiger partial charge in [-0.05, 0) is 76.3 Å². The van der Waals surface area contributed by atoms with Gasteiger partial charge in [-0.2, -0.15) is 0 Å². The van der Waals surface area contributed by atoms with Crippen molar-refractivity contribution in [2.45, 2.75) is 0 Å². The fraction of sp³-hybridized carbons (Fsp3) is 0. The lowest BCUT2D eigenvalue weighted by Gasteiger charge is -2.15. The summed E-state index contributed by atoms with van der Waals surface area (Å²) in [5.41, 5.74) is 14.4. The Morgan fingerprint density at radius 3 is 1.68 bits per heavy atom. The molecular weight excluding hydrogens is 605 g/mol. The molecule has 0 aliphatic rings. The lowest BCUT2D eigenvalue weighted by atomic mass is 9.97. The van der Waals surface area contributed by atoms with Crippen LogP contribution in [0, 0.1) is 0 Å². The molecule has 0 fully saturated rings. The molecule has 0 N–H and O–H groups in total. The standard InChI is InChI=1S/C48H32N2/c1-3-15-33(16-4-1)39-24-14-28-46-48(39)42-23-9-12-27-45(42)50(46)43-25-10-7-21-38(43)36-18-13-17-34(31-36)35-29-30-41-40-22-8-11-26-44(40)49(47(41)32-35)37-19-5-2-6-20-37/h1-32H. The van der Waals surface area contributed by atoms with E-state index < -0.39 is 0 Å². The van der Waals surface area contributed by atoms with E-state index >= 15 is 0 Å². The van der Waals surface area contributed by atoms with Crippen LogP contribution in [0.5, 0.6) is 0 Å². The maximum Gasteiger partial charge on any atom is 0.0547 e. The summed E-state index contributed by atoms with van der Waals surface area (Å²) in [6, 6.07) is 70.4. The molecule has 0 unspecified atom stereocenters. The topological polar surface area (TPSA) is 9.86 Å². The van der Waals surface area contributed by atoms with E-state index in [0.29, 0.717) is 0 Å². The molecule has 0 saturated carbocycles. The zero-order valence-corrected chi connectivity index (χ0v) is 27.4. The van der Waals surface area contributed by atoms with E-state index in [9.17, 15) is 0 Å². The van der Waals surface area contributed by atoms with E-state index in [1.807, 2.05) is 0 Å². The second kappa shape index (κ2) is 11.5. The van der Waals surface area contributed by atoms with Crippen molar-refractivity contribution in [1.29, 1.82) is 0 Å². The first-order chi connectivity index (χ1) is 24.8. The second-order valence-corrected chi connectivity index (χ2v) is 12.9. The zero-order valence-electron chi connectivity index (χ0n) is 27.4. The van der Waals surface area contributed by atoms with E-state index in [-0.39, 0.29) is 0 Å². The van der Waals surface area contributed by atoms with E-state index in [1.54, 1.807) is 0 Å². The maximum absolute atomic E-state index is 2.45. The summed E-state index contributed by atoms with van der Waals surface area (Å²) >= 11 is 0. The van der Waals surface area contributed by atoms with Gasteiger partial charge < -0.3 is 9.13 Å². The van der Waals surface area contributed by atoms with E-state index in [4.69, 9.17) is 0 Å². The molecule has 2 aromatic heterocycles. The summed E-state index contributed by atoms with van der Waals surface area (Å²) in [5.74, 6) is 0. The van der Waals surface area contributed by atoms with Gasteiger partial charge >= 0.3 is 0 Å². The molecule has 0 aliphatic carbocycles. The number of aromatic nitrogens is 2. The summed E-state index contributed by atoms with van der Waals surface area (Å²) in [6.07, 6.45) is 0. The van der Waals surface area contributed by atoms with Crippen molar-refractivity contribution in [3.05, 3.63) is 194 Å². The number of hydrogen-bond donors (Lipinski definition) is 0. The minimum Gasteiger partial charge on any atom is -0.309 e. The Hall–Kier alpha value is -6.64. The number of fused-ring (bicyclic) bond motifs is 6. The molecule has 50 heavy (non-hydrogen) atoms. The Bertz CT molecular complexity index is 2860. The number of rotatable bonds is 5. The number of benzene rings is 8. The van der Waals surface area contributed by atoms with Gasteiger partial charge in [-0.1, -0.05) is 146 Å². The van der Waals surface area contributed by atoms with Crippen LogP contribution in [0.25, 0.3) is 88.4 Å². The molecule has 10 rings (SSSR count). The van der Waals surface area contributed by atoms with Crippen molar-refractivity contribution in [3.63, 3.8) is 0 Å². The molecule has 0 amide bonds. The Labute approximate surface area is 290 Å². The second-order valence-electron chi connectivity index (χ2n) is 12.9. The summed E-state index contributed by atoms with van der Waals surface area (Å²) in [4.78, 5) is 0. The number of para-hydroxylation sites is 4. The van der Waals surface area contributed by atoms with Crippen LogP contribution in [0.1, 0.15) is 0 Å². The molecule has 10 aromatic rings. The summed E-state index contributed by atoms with van der Waals surface area (Å²) in [7, 11) is 0. The lowest BCUT2D eigenvalue weighted by molar-refractivity contribution is 1.18. The molecular formula is C48H32N2. The molecule has 0 saturated heterocycles. The Kier molecular flexibility index (Phi) is 6.53. The van der Waals surface area contributed by atoms with Crippen LogP contribution >= 0.6 is 0 Å². The zero-order chi connectivity index (χ0) is 33.0. The van der Waals surface area contributed by atoms with Crippen molar-refractivity contribution >= 4 is 43.6 Å². The highest BCUT2D eigenvalue weighted by Gasteiger charge is 2.19. The van der Waals surface area contributed by atoms with Crippen molar-refractivity contribution in [3.8, 4) is 44.8 Å². The lowest BCUT2D eigenvalue weighted by Crippen LogP contribution is -1.97. The Morgan fingerprint density at radius 2 is 0.840 bits per heavy atom. The quantitative estimate of drug-likeness (QED) is 0.178. The third-order valence-corrected chi connectivity index (χ3v) is 10.1. The van der Waals surface area contributed by atoms with Crippen LogP contribution in [0.4, 0.5) is 0 Å². The smallest absolute Gasteiger partial charge is 0.0547 e. The first-order valence-electron chi connectivity index (χ1n) is 17.2. The van der Waals surface area contributed by atoms with Crippen molar-refractivity contribution in [2.24, 2.45) is 0 Å². The molecule has 2 heteroatoms. The van der Waals surface area contributed by atoms with E-state index in [2.05, 4.69) is 203 Å². The largest absolute Gasteiger partial charge is 0.309 e.